The van der Waals surface area contributed by atoms with Crippen LogP contribution in [0.3, 0.4) is 0 Å². The van der Waals surface area contributed by atoms with E-state index >= 15 is 0 Å². The van der Waals surface area contributed by atoms with Gasteiger partial charge in [-0.3, -0.25) is 4.79 Å². The largest absolute Gasteiger partial charge is 0.363 e. The second-order valence-corrected chi connectivity index (χ2v) is 5.30. The van der Waals surface area contributed by atoms with Gasteiger partial charge in [0.2, 0.25) is 5.82 Å². The van der Waals surface area contributed by atoms with E-state index in [2.05, 4.69) is 29.0 Å². The molecule has 2 N–H and O–H groups in total. The molecule has 22 heavy (non-hydrogen) atoms. The minimum atomic E-state index is -0.595. The highest BCUT2D eigenvalue weighted by molar-refractivity contribution is 5.92. The molecule has 0 atom stereocenters. The summed E-state index contributed by atoms with van der Waals surface area (Å²) in [4.78, 5) is 20.0. The Morgan fingerprint density at radius 2 is 1.73 bits per heavy atom. The first-order chi connectivity index (χ1) is 10.6. The maximum atomic E-state index is 11.4. The molecule has 4 heteroatoms. The third-order valence-corrected chi connectivity index (χ3v) is 3.79. The molecule has 4 nitrogen and oxygen atoms in total. The summed E-state index contributed by atoms with van der Waals surface area (Å²) in [6.07, 6.45) is 1.61. The third kappa shape index (κ3) is 2.81. The SMILES string of the molecule is Cc1ccccc1CCc1nc(C(N)=O)nc2ccccc12. The summed E-state index contributed by atoms with van der Waals surface area (Å²) in [5, 5.41) is 0.973. The number of rotatable bonds is 4. The van der Waals surface area contributed by atoms with Crippen LogP contribution in [0.2, 0.25) is 0 Å². The summed E-state index contributed by atoms with van der Waals surface area (Å²) in [6.45, 7) is 2.10. The molecule has 0 aliphatic heterocycles. The smallest absolute Gasteiger partial charge is 0.286 e. The number of hydrogen-bond donors (Lipinski definition) is 1. The Bertz CT molecular complexity index is 843. The fourth-order valence-corrected chi connectivity index (χ4v) is 2.59. The molecule has 0 spiro atoms. The van der Waals surface area contributed by atoms with Crippen molar-refractivity contribution in [2.45, 2.75) is 19.8 Å². The lowest BCUT2D eigenvalue weighted by Crippen LogP contribution is -2.16. The minimum Gasteiger partial charge on any atom is -0.363 e. The van der Waals surface area contributed by atoms with Crippen molar-refractivity contribution in [1.82, 2.24) is 9.97 Å². The molecule has 0 radical (unpaired) electrons. The van der Waals surface area contributed by atoms with Crippen LogP contribution in [0.15, 0.2) is 48.5 Å². The van der Waals surface area contributed by atoms with E-state index in [9.17, 15) is 4.79 Å². The van der Waals surface area contributed by atoms with Crippen molar-refractivity contribution in [3.05, 3.63) is 71.2 Å². The lowest BCUT2D eigenvalue weighted by molar-refractivity contribution is 0.0990. The number of amides is 1. The molecule has 110 valence electrons. The number of para-hydroxylation sites is 1. The van der Waals surface area contributed by atoms with Gasteiger partial charge in [-0.25, -0.2) is 9.97 Å². The Balaban J connectivity index is 1.98. The molecule has 0 bridgehead atoms. The normalized spacial score (nSPS) is 10.8. The van der Waals surface area contributed by atoms with E-state index in [1.165, 1.54) is 11.1 Å². The first kappa shape index (κ1) is 14.2. The second kappa shape index (κ2) is 5.93. The summed E-state index contributed by atoms with van der Waals surface area (Å²) in [5.41, 5.74) is 9.50. The van der Waals surface area contributed by atoms with Crippen LogP contribution in [0.5, 0.6) is 0 Å². The van der Waals surface area contributed by atoms with Crippen LogP contribution >= 0.6 is 0 Å². The van der Waals surface area contributed by atoms with Crippen molar-refractivity contribution in [3.63, 3.8) is 0 Å². The van der Waals surface area contributed by atoms with Gasteiger partial charge >= 0.3 is 0 Å². The van der Waals surface area contributed by atoms with Crippen LogP contribution < -0.4 is 5.73 Å². The topological polar surface area (TPSA) is 68.9 Å². The fraction of sp³-hybridized carbons (Fsp3) is 0.167. The third-order valence-electron chi connectivity index (χ3n) is 3.79. The number of carbonyl (C=O) groups excluding carboxylic acids is 1. The quantitative estimate of drug-likeness (QED) is 0.803. The molecule has 1 heterocycles. The lowest BCUT2D eigenvalue weighted by atomic mass is 10.0. The monoisotopic (exact) mass is 291 g/mol. The van der Waals surface area contributed by atoms with Crippen molar-refractivity contribution in [2.24, 2.45) is 5.73 Å². The van der Waals surface area contributed by atoms with E-state index in [1.54, 1.807) is 0 Å². The molecule has 0 aliphatic carbocycles. The molecule has 0 unspecified atom stereocenters. The summed E-state index contributed by atoms with van der Waals surface area (Å²) in [6, 6.07) is 16.0. The molecule has 1 aromatic heterocycles. The van der Waals surface area contributed by atoms with E-state index in [0.717, 1.165) is 29.4 Å². The van der Waals surface area contributed by atoms with Crippen molar-refractivity contribution in [2.75, 3.05) is 0 Å². The number of benzene rings is 2. The molecule has 0 saturated carbocycles. The van der Waals surface area contributed by atoms with Crippen LogP contribution in [-0.4, -0.2) is 15.9 Å². The Kier molecular flexibility index (Phi) is 3.83. The first-order valence-corrected chi connectivity index (χ1v) is 7.25. The molecule has 0 fully saturated rings. The number of aromatic nitrogens is 2. The summed E-state index contributed by atoms with van der Waals surface area (Å²) < 4.78 is 0. The second-order valence-electron chi connectivity index (χ2n) is 5.30. The van der Waals surface area contributed by atoms with Gasteiger partial charge in [0, 0.05) is 5.39 Å². The van der Waals surface area contributed by atoms with E-state index < -0.39 is 5.91 Å². The van der Waals surface area contributed by atoms with Crippen molar-refractivity contribution < 1.29 is 4.79 Å². The van der Waals surface area contributed by atoms with E-state index in [1.807, 2.05) is 36.4 Å². The minimum absolute atomic E-state index is 0.0819. The summed E-state index contributed by atoms with van der Waals surface area (Å²) in [5.74, 6) is -0.513. The molecule has 1 amide bonds. The molecule has 0 aliphatic rings. The highest BCUT2D eigenvalue weighted by Crippen LogP contribution is 2.18. The maximum Gasteiger partial charge on any atom is 0.286 e. The average Bonchev–Trinajstić information content (AvgIpc) is 2.53. The van der Waals surface area contributed by atoms with Crippen molar-refractivity contribution >= 4 is 16.8 Å². The van der Waals surface area contributed by atoms with Gasteiger partial charge in [-0.1, -0.05) is 42.5 Å². The number of primary amides is 1. The zero-order chi connectivity index (χ0) is 15.5. The van der Waals surface area contributed by atoms with Crippen LogP contribution in [0.4, 0.5) is 0 Å². The lowest BCUT2D eigenvalue weighted by Gasteiger charge is -2.09. The number of nitrogens with two attached hydrogens (primary N) is 1. The Hall–Kier alpha value is -2.75. The van der Waals surface area contributed by atoms with Gasteiger partial charge < -0.3 is 5.73 Å². The Morgan fingerprint density at radius 1 is 1.00 bits per heavy atom. The Labute approximate surface area is 129 Å². The zero-order valence-corrected chi connectivity index (χ0v) is 12.4. The van der Waals surface area contributed by atoms with Crippen LogP contribution in [-0.2, 0) is 12.8 Å². The number of hydrogen-bond acceptors (Lipinski definition) is 3. The average molecular weight is 291 g/mol. The first-order valence-electron chi connectivity index (χ1n) is 7.25. The predicted octanol–water partition coefficient (Wildman–Crippen LogP) is 2.82. The van der Waals surface area contributed by atoms with Crippen LogP contribution in [0.25, 0.3) is 10.9 Å². The van der Waals surface area contributed by atoms with Gasteiger partial charge in [0.05, 0.1) is 11.2 Å². The van der Waals surface area contributed by atoms with Gasteiger partial charge in [0.25, 0.3) is 5.91 Å². The standard InChI is InChI=1S/C18H17N3O/c1-12-6-2-3-7-13(12)10-11-16-14-8-4-5-9-15(14)20-18(21-16)17(19)22/h2-9H,10-11H2,1H3,(H2,19,22). The number of fused-ring (bicyclic) bond motifs is 1. The number of nitrogens with zero attached hydrogens (tertiary/aromatic N) is 2. The fourth-order valence-electron chi connectivity index (χ4n) is 2.59. The Morgan fingerprint density at radius 3 is 2.50 bits per heavy atom. The number of aryl methyl sites for hydroxylation is 3. The van der Waals surface area contributed by atoms with Gasteiger partial charge in [-0.05, 0) is 37.0 Å². The molecular formula is C18H17N3O. The zero-order valence-electron chi connectivity index (χ0n) is 12.4. The van der Waals surface area contributed by atoms with Crippen LogP contribution in [0.1, 0.15) is 27.4 Å². The molecule has 3 aromatic rings. The maximum absolute atomic E-state index is 11.4. The van der Waals surface area contributed by atoms with Crippen molar-refractivity contribution in [1.29, 1.82) is 0 Å². The summed E-state index contributed by atoms with van der Waals surface area (Å²) in [7, 11) is 0. The predicted molar refractivity (Wildman–Crippen MR) is 86.6 cm³/mol. The van der Waals surface area contributed by atoms with E-state index in [4.69, 9.17) is 5.73 Å². The highest BCUT2D eigenvalue weighted by atomic mass is 16.1. The van der Waals surface area contributed by atoms with E-state index in [0.29, 0.717) is 0 Å². The van der Waals surface area contributed by atoms with Crippen LogP contribution in [0, 0.1) is 6.92 Å². The van der Waals surface area contributed by atoms with Crippen molar-refractivity contribution in [3.8, 4) is 0 Å². The highest BCUT2D eigenvalue weighted by Gasteiger charge is 2.11. The van der Waals surface area contributed by atoms with Gasteiger partial charge in [-0.15, -0.1) is 0 Å². The van der Waals surface area contributed by atoms with Gasteiger partial charge in [-0.2, -0.15) is 0 Å². The van der Waals surface area contributed by atoms with Gasteiger partial charge in [0.15, 0.2) is 0 Å². The molecular weight excluding hydrogens is 274 g/mol. The molecule has 2 aromatic carbocycles. The van der Waals surface area contributed by atoms with Gasteiger partial charge in [0.1, 0.15) is 0 Å². The molecule has 3 rings (SSSR count). The van der Waals surface area contributed by atoms with E-state index in [-0.39, 0.29) is 5.82 Å². The molecule has 0 saturated heterocycles. The number of carbonyl (C=O) groups is 1. The summed E-state index contributed by atoms with van der Waals surface area (Å²) >= 11 is 0.